The van der Waals surface area contributed by atoms with Crippen molar-refractivity contribution in [1.29, 1.82) is 0 Å². The van der Waals surface area contributed by atoms with Crippen molar-refractivity contribution in [3.63, 3.8) is 0 Å². The van der Waals surface area contributed by atoms with E-state index < -0.39 is 22.4 Å². The summed E-state index contributed by atoms with van der Waals surface area (Å²) in [6.45, 7) is 3.38. The quantitative estimate of drug-likeness (QED) is 0.846. The molecule has 1 aromatic carbocycles. The molecule has 116 valence electrons. The maximum atomic E-state index is 13.3. The molecule has 0 heterocycles. The third-order valence-electron chi connectivity index (χ3n) is 3.23. The van der Waals surface area contributed by atoms with Crippen molar-refractivity contribution in [2.24, 2.45) is 0 Å². The number of nitrogens with zero attached hydrogens (tertiary/aromatic N) is 1. The fourth-order valence-electron chi connectivity index (χ4n) is 1.95. The van der Waals surface area contributed by atoms with Crippen LogP contribution in [0.4, 0.5) is 4.39 Å². The fourth-order valence-corrected chi connectivity index (χ4v) is 3.47. The second-order valence-electron chi connectivity index (χ2n) is 4.76. The third kappa shape index (κ3) is 4.27. The lowest BCUT2D eigenvalue weighted by molar-refractivity contribution is 0.350. The Kier molecular flexibility index (Phi) is 6.34. The Labute approximate surface area is 125 Å². The largest absolute Gasteiger partial charge is 0.384 e. The zero-order valence-electron chi connectivity index (χ0n) is 12.4. The van der Waals surface area contributed by atoms with Crippen molar-refractivity contribution in [3.05, 3.63) is 29.6 Å². The Hall–Kier alpha value is -1.42. The number of benzene rings is 1. The first-order valence-corrected chi connectivity index (χ1v) is 8.16. The molecule has 0 spiro atoms. The first-order valence-electron chi connectivity index (χ1n) is 6.71. The molecular weight excluding hydrogens is 293 g/mol. The Bertz CT molecular complexity index is 647. The number of hydrogen-bond acceptors (Lipinski definition) is 3. The van der Waals surface area contributed by atoms with Gasteiger partial charge >= 0.3 is 0 Å². The molecule has 0 saturated heterocycles. The number of rotatable bonds is 5. The summed E-state index contributed by atoms with van der Waals surface area (Å²) >= 11 is 0. The van der Waals surface area contributed by atoms with E-state index in [1.54, 1.807) is 0 Å². The first-order chi connectivity index (χ1) is 9.84. The molecule has 0 aromatic heterocycles. The molecule has 1 rings (SSSR count). The van der Waals surface area contributed by atoms with Gasteiger partial charge in [-0.25, -0.2) is 12.8 Å². The van der Waals surface area contributed by atoms with Crippen molar-refractivity contribution < 1.29 is 17.9 Å². The zero-order valence-corrected chi connectivity index (χ0v) is 13.2. The topological polar surface area (TPSA) is 57.6 Å². The van der Waals surface area contributed by atoms with Crippen LogP contribution in [0, 0.1) is 17.7 Å². The molecule has 0 amide bonds. The monoisotopic (exact) mass is 313 g/mol. The molecule has 0 aliphatic heterocycles. The maximum absolute atomic E-state index is 13.3. The average molecular weight is 313 g/mol. The van der Waals surface area contributed by atoms with Crippen LogP contribution in [0.3, 0.4) is 0 Å². The van der Waals surface area contributed by atoms with Crippen LogP contribution in [0.15, 0.2) is 23.1 Å². The normalized spacial score (nSPS) is 12.9. The van der Waals surface area contributed by atoms with E-state index in [0.717, 1.165) is 25.0 Å². The average Bonchev–Trinajstić information content (AvgIpc) is 2.44. The van der Waals surface area contributed by atoms with E-state index in [2.05, 4.69) is 11.8 Å². The van der Waals surface area contributed by atoms with Crippen molar-refractivity contribution in [2.45, 2.75) is 37.6 Å². The van der Waals surface area contributed by atoms with E-state index >= 15 is 0 Å². The first kappa shape index (κ1) is 17.6. The number of halogens is 1. The van der Waals surface area contributed by atoms with Crippen molar-refractivity contribution in [2.75, 3.05) is 13.7 Å². The summed E-state index contributed by atoms with van der Waals surface area (Å²) in [7, 11) is -2.25. The zero-order chi connectivity index (χ0) is 16.0. The van der Waals surface area contributed by atoms with Crippen LogP contribution < -0.4 is 0 Å². The number of sulfonamides is 1. The molecule has 1 unspecified atom stereocenters. The van der Waals surface area contributed by atoms with Gasteiger partial charge in [-0.1, -0.05) is 25.2 Å². The predicted molar refractivity (Wildman–Crippen MR) is 79.7 cm³/mol. The van der Waals surface area contributed by atoms with Crippen molar-refractivity contribution in [3.8, 4) is 11.8 Å². The minimum absolute atomic E-state index is 0.0460. The summed E-state index contributed by atoms with van der Waals surface area (Å²) in [5, 5.41) is 8.73. The van der Waals surface area contributed by atoms with E-state index in [-0.39, 0.29) is 16.5 Å². The molecule has 0 aliphatic rings. The maximum Gasteiger partial charge on any atom is 0.244 e. The Morgan fingerprint density at radius 3 is 2.67 bits per heavy atom. The summed E-state index contributed by atoms with van der Waals surface area (Å²) in [6, 6.07) is 3.20. The molecule has 1 aromatic rings. The van der Waals surface area contributed by atoms with E-state index in [1.807, 2.05) is 13.8 Å². The molecule has 21 heavy (non-hydrogen) atoms. The van der Waals surface area contributed by atoms with Gasteiger partial charge in [0.05, 0.1) is 4.90 Å². The Morgan fingerprint density at radius 2 is 2.10 bits per heavy atom. The van der Waals surface area contributed by atoms with E-state index in [4.69, 9.17) is 5.11 Å². The second-order valence-corrected chi connectivity index (χ2v) is 6.73. The third-order valence-corrected chi connectivity index (χ3v) is 5.26. The Balaban J connectivity index is 3.31. The van der Waals surface area contributed by atoms with Gasteiger partial charge in [0.1, 0.15) is 12.4 Å². The molecule has 4 nitrogen and oxygen atoms in total. The van der Waals surface area contributed by atoms with Gasteiger partial charge in [0.15, 0.2) is 0 Å². The van der Waals surface area contributed by atoms with E-state index in [0.29, 0.717) is 0 Å². The van der Waals surface area contributed by atoms with Crippen LogP contribution >= 0.6 is 0 Å². The molecule has 0 aliphatic carbocycles. The predicted octanol–water partition coefficient (Wildman–Crippen LogP) is 1.98. The number of aliphatic hydroxyl groups excluding tert-OH is 1. The Morgan fingerprint density at radius 1 is 1.43 bits per heavy atom. The molecule has 6 heteroatoms. The summed E-state index contributed by atoms with van der Waals surface area (Å²) in [6.07, 6.45) is 1.59. The van der Waals surface area contributed by atoms with Crippen molar-refractivity contribution in [1.82, 2.24) is 4.31 Å². The van der Waals surface area contributed by atoms with Crippen LogP contribution in [0.25, 0.3) is 0 Å². The van der Waals surface area contributed by atoms with Gasteiger partial charge in [-0.15, -0.1) is 0 Å². The lowest BCUT2D eigenvalue weighted by atomic mass is 10.2. The number of aliphatic hydroxyl groups is 1. The lowest BCUT2D eigenvalue weighted by Crippen LogP contribution is -2.35. The number of hydrogen-bond donors (Lipinski definition) is 1. The van der Waals surface area contributed by atoms with Crippen molar-refractivity contribution >= 4 is 10.0 Å². The lowest BCUT2D eigenvalue weighted by Gasteiger charge is -2.24. The van der Waals surface area contributed by atoms with Gasteiger partial charge in [-0.3, -0.25) is 0 Å². The standard InChI is InChI=1S/C15H20FNO3S/c1-4-6-12(2)17(3)21(19,20)15-9-8-14(16)11-13(15)7-5-10-18/h8-9,11-12,18H,4,6,10H2,1-3H3. The second kappa shape index (κ2) is 7.55. The molecule has 0 bridgehead atoms. The van der Waals surface area contributed by atoms with Crippen LogP contribution in [-0.4, -0.2) is 37.5 Å². The smallest absolute Gasteiger partial charge is 0.244 e. The van der Waals surface area contributed by atoms with Crippen LogP contribution in [0.1, 0.15) is 32.3 Å². The highest BCUT2D eigenvalue weighted by Gasteiger charge is 2.27. The molecule has 1 atom stereocenters. The SMILES string of the molecule is CCCC(C)N(C)S(=O)(=O)c1ccc(F)cc1C#CCO. The highest BCUT2D eigenvalue weighted by Crippen LogP contribution is 2.22. The summed E-state index contributed by atoms with van der Waals surface area (Å²) in [4.78, 5) is -0.0460. The molecular formula is C15H20FNO3S. The highest BCUT2D eigenvalue weighted by atomic mass is 32.2. The highest BCUT2D eigenvalue weighted by molar-refractivity contribution is 7.89. The van der Waals surface area contributed by atoms with Gasteiger partial charge in [-0.05, 0) is 31.5 Å². The van der Waals surface area contributed by atoms with Crippen LogP contribution in [0.2, 0.25) is 0 Å². The molecule has 0 saturated carbocycles. The minimum Gasteiger partial charge on any atom is -0.384 e. The molecule has 0 radical (unpaired) electrons. The van der Waals surface area contributed by atoms with Gasteiger partial charge in [0, 0.05) is 18.7 Å². The van der Waals surface area contributed by atoms with Gasteiger partial charge in [-0.2, -0.15) is 4.31 Å². The van der Waals surface area contributed by atoms with E-state index in [1.165, 1.54) is 17.4 Å². The van der Waals surface area contributed by atoms with Gasteiger partial charge in [0.25, 0.3) is 0 Å². The summed E-state index contributed by atoms with van der Waals surface area (Å²) in [5.41, 5.74) is 0.0552. The minimum atomic E-state index is -3.76. The van der Waals surface area contributed by atoms with Gasteiger partial charge < -0.3 is 5.11 Å². The van der Waals surface area contributed by atoms with E-state index in [9.17, 15) is 12.8 Å². The van der Waals surface area contributed by atoms with Crippen LogP contribution in [-0.2, 0) is 10.0 Å². The van der Waals surface area contributed by atoms with Crippen LogP contribution in [0.5, 0.6) is 0 Å². The molecule has 1 N–H and O–H groups in total. The molecule has 0 fully saturated rings. The van der Waals surface area contributed by atoms with Gasteiger partial charge in [0.2, 0.25) is 10.0 Å². The summed E-state index contributed by atoms with van der Waals surface area (Å²) in [5.74, 6) is 4.27. The fraction of sp³-hybridized carbons (Fsp3) is 0.467. The summed E-state index contributed by atoms with van der Waals surface area (Å²) < 4.78 is 39.8.